The summed E-state index contributed by atoms with van der Waals surface area (Å²) in [5.74, 6) is 0. The Kier molecular flexibility index (Phi) is 4.66. The van der Waals surface area contributed by atoms with E-state index in [1.807, 2.05) is 0 Å². The molecule has 72 valence electrons. The van der Waals surface area contributed by atoms with Gasteiger partial charge in [-0.2, -0.15) is 0 Å². The molecule has 0 fully saturated rings. The molecule has 0 aliphatic heterocycles. The first kappa shape index (κ1) is 11.2. The van der Waals surface area contributed by atoms with E-state index in [-0.39, 0.29) is 6.61 Å². The molecule has 0 amide bonds. The predicted octanol–water partition coefficient (Wildman–Crippen LogP) is 1.58. The van der Waals surface area contributed by atoms with Gasteiger partial charge in [-0.3, -0.25) is 0 Å². The van der Waals surface area contributed by atoms with Crippen molar-refractivity contribution < 1.29 is 19.0 Å². The van der Waals surface area contributed by atoms with Crippen LogP contribution in [0.1, 0.15) is 20.8 Å². The Labute approximate surface area is 72.8 Å². The monoisotopic (exact) mass is 176 g/mol. The van der Waals surface area contributed by atoms with E-state index in [9.17, 15) is 4.79 Å². The predicted molar refractivity (Wildman–Crippen MR) is 44.1 cm³/mol. The average molecular weight is 176 g/mol. The van der Waals surface area contributed by atoms with Crippen molar-refractivity contribution in [2.45, 2.75) is 26.4 Å². The van der Waals surface area contributed by atoms with Crippen molar-refractivity contribution in [2.75, 3.05) is 20.3 Å². The van der Waals surface area contributed by atoms with Crippen LogP contribution in [0.5, 0.6) is 0 Å². The van der Waals surface area contributed by atoms with Crippen molar-refractivity contribution in [1.29, 1.82) is 0 Å². The first-order valence-corrected chi connectivity index (χ1v) is 3.80. The fraction of sp³-hybridized carbons (Fsp3) is 0.875. The van der Waals surface area contributed by atoms with Crippen molar-refractivity contribution in [3.8, 4) is 0 Å². The lowest BCUT2D eigenvalue weighted by Gasteiger charge is -2.18. The second-order valence-electron chi connectivity index (χ2n) is 3.31. The van der Waals surface area contributed by atoms with Gasteiger partial charge in [-0.05, 0) is 20.8 Å². The van der Waals surface area contributed by atoms with E-state index >= 15 is 0 Å². The lowest BCUT2D eigenvalue weighted by molar-refractivity contribution is -0.0153. The minimum absolute atomic E-state index is 0.228. The number of hydrogen-bond acceptors (Lipinski definition) is 4. The summed E-state index contributed by atoms with van der Waals surface area (Å²) in [6.07, 6.45) is -0.653. The van der Waals surface area contributed by atoms with Crippen molar-refractivity contribution in [1.82, 2.24) is 0 Å². The smallest absolute Gasteiger partial charge is 0.432 e. The molecule has 4 heteroatoms. The van der Waals surface area contributed by atoms with Crippen molar-refractivity contribution in [2.24, 2.45) is 0 Å². The van der Waals surface area contributed by atoms with E-state index < -0.39 is 11.8 Å². The molecular formula is C8H16O4. The second-order valence-corrected chi connectivity index (χ2v) is 3.31. The number of hydrogen-bond donors (Lipinski definition) is 0. The van der Waals surface area contributed by atoms with Gasteiger partial charge in [0.1, 0.15) is 12.2 Å². The Morgan fingerprint density at radius 1 is 1.25 bits per heavy atom. The van der Waals surface area contributed by atoms with Gasteiger partial charge < -0.3 is 14.2 Å². The molecule has 0 heterocycles. The quantitative estimate of drug-likeness (QED) is 0.484. The molecule has 4 nitrogen and oxygen atoms in total. The minimum Gasteiger partial charge on any atom is -0.432 e. The van der Waals surface area contributed by atoms with Crippen LogP contribution in [0.15, 0.2) is 0 Å². The van der Waals surface area contributed by atoms with E-state index in [1.165, 1.54) is 0 Å². The number of ether oxygens (including phenoxy) is 3. The van der Waals surface area contributed by atoms with Gasteiger partial charge in [0, 0.05) is 7.11 Å². The van der Waals surface area contributed by atoms with Gasteiger partial charge in [-0.25, -0.2) is 4.79 Å². The summed E-state index contributed by atoms with van der Waals surface area (Å²) in [6, 6.07) is 0. The zero-order chi connectivity index (χ0) is 9.61. The maximum absolute atomic E-state index is 10.8. The van der Waals surface area contributed by atoms with Gasteiger partial charge in [-0.1, -0.05) is 0 Å². The normalized spacial score (nSPS) is 11.0. The molecule has 0 aromatic rings. The second kappa shape index (κ2) is 4.98. The molecule has 0 saturated carbocycles. The third-order valence-electron chi connectivity index (χ3n) is 0.897. The lowest BCUT2D eigenvalue weighted by atomic mass is 10.2. The van der Waals surface area contributed by atoms with Crippen LogP contribution >= 0.6 is 0 Å². The number of rotatable bonds is 3. The highest BCUT2D eigenvalue weighted by atomic mass is 16.7. The Balaban J connectivity index is 3.47. The topological polar surface area (TPSA) is 44.8 Å². The first-order chi connectivity index (χ1) is 5.45. The summed E-state index contributed by atoms with van der Waals surface area (Å²) in [7, 11) is 1.54. The molecule has 0 aliphatic rings. The number of methoxy groups -OCH3 is 1. The number of carbonyl (C=O) groups is 1. The molecule has 0 aromatic carbocycles. The van der Waals surface area contributed by atoms with Gasteiger partial charge in [-0.15, -0.1) is 0 Å². The van der Waals surface area contributed by atoms with Crippen LogP contribution in [-0.2, 0) is 14.2 Å². The van der Waals surface area contributed by atoms with Crippen LogP contribution in [-0.4, -0.2) is 32.1 Å². The third-order valence-corrected chi connectivity index (χ3v) is 0.897. The van der Waals surface area contributed by atoms with Crippen molar-refractivity contribution in [3.63, 3.8) is 0 Å². The molecule has 0 aliphatic carbocycles. The minimum atomic E-state index is -0.653. The molecular weight excluding hydrogens is 160 g/mol. The van der Waals surface area contributed by atoms with Crippen LogP contribution in [0.2, 0.25) is 0 Å². The van der Waals surface area contributed by atoms with Gasteiger partial charge in [0.25, 0.3) is 0 Å². The zero-order valence-electron chi connectivity index (χ0n) is 8.05. The maximum Gasteiger partial charge on any atom is 0.508 e. The fourth-order valence-electron chi connectivity index (χ4n) is 0.488. The molecule has 0 radical (unpaired) electrons. The molecule has 0 spiro atoms. The van der Waals surface area contributed by atoms with Gasteiger partial charge in [0.15, 0.2) is 0 Å². The molecule has 0 N–H and O–H groups in total. The fourth-order valence-corrected chi connectivity index (χ4v) is 0.488. The summed E-state index contributed by atoms with van der Waals surface area (Å²) >= 11 is 0. The van der Waals surface area contributed by atoms with Gasteiger partial charge in [0.2, 0.25) is 0 Å². The Morgan fingerprint density at radius 2 is 1.83 bits per heavy atom. The highest BCUT2D eigenvalue weighted by Gasteiger charge is 2.16. The highest BCUT2D eigenvalue weighted by Crippen LogP contribution is 2.07. The summed E-state index contributed by atoms with van der Waals surface area (Å²) in [5, 5.41) is 0. The zero-order valence-corrected chi connectivity index (χ0v) is 8.05. The third kappa shape index (κ3) is 7.34. The summed E-state index contributed by atoms with van der Waals surface area (Å²) in [6.45, 7) is 5.96. The molecule has 0 bridgehead atoms. The molecule has 0 unspecified atom stereocenters. The Hall–Kier alpha value is -0.770. The van der Waals surface area contributed by atoms with Crippen LogP contribution in [0.3, 0.4) is 0 Å². The maximum atomic E-state index is 10.8. The Morgan fingerprint density at radius 3 is 2.25 bits per heavy atom. The van der Waals surface area contributed by atoms with Crippen LogP contribution in [0, 0.1) is 0 Å². The van der Waals surface area contributed by atoms with Crippen LogP contribution in [0.25, 0.3) is 0 Å². The van der Waals surface area contributed by atoms with E-state index in [2.05, 4.69) is 9.47 Å². The van der Waals surface area contributed by atoms with E-state index in [0.29, 0.717) is 6.61 Å². The molecule has 0 atom stereocenters. The molecule has 0 rings (SSSR count). The van der Waals surface area contributed by atoms with Crippen molar-refractivity contribution >= 4 is 6.16 Å². The van der Waals surface area contributed by atoms with Gasteiger partial charge in [0.05, 0.1) is 6.61 Å². The SMILES string of the molecule is COCCOC(=O)OC(C)(C)C. The highest BCUT2D eigenvalue weighted by molar-refractivity contribution is 5.60. The Bertz CT molecular complexity index is 136. The molecule has 12 heavy (non-hydrogen) atoms. The van der Waals surface area contributed by atoms with Gasteiger partial charge >= 0.3 is 6.16 Å². The van der Waals surface area contributed by atoms with Crippen molar-refractivity contribution in [3.05, 3.63) is 0 Å². The standard InChI is InChI=1S/C8H16O4/c1-8(2,3)12-7(9)11-6-5-10-4/h5-6H2,1-4H3. The van der Waals surface area contributed by atoms with E-state index in [1.54, 1.807) is 27.9 Å². The van der Waals surface area contributed by atoms with Crippen LogP contribution < -0.4 is 0 Å². The van der Waals surface area contributed by atoms with E-state index in [0.717, 1.165) is 0 Å². The molecule has 0 saturated heterocycles. The lowest BCUT2D eigenvalue weighted by Crippen LogP contribution is -2.25. The summed E-state index contributed by atoms with van der Waals surface area (Å²) in [4.78, 5) is 10.8. The largest absolute Gasteiger partial charge is 0.508 e. The summed E-state index contributed by atoms with van der Waals surface area (Å²) in [5.41, 5.74) is -0.496. The first-order valence-electron chi connectivity index (χ1n) is 3.80. The van der Waals surface area contributed by atoms with Crippen LogP contribution in [0.4, 0.5) is 4.79 Å². The number of carbonyl (C=O) groups excluding carboxylic acids is 1. The van der Waals surface area contributed by atoms with E-state index in [4.69, 9.17) is 4.74 Å². The average Bonchev–Trinajstić information content (AvgIpc) is 1.84. The summed E-state index contributed by atoms with van der Waals surface area (Å²) < 4.78 is 14.2. The molecule has 0 aromatic heterocycles.